The second-order valence-electron chi connectivity index (χ2n) is 10.4. The lowest BCUT2D eigenvalue weighted by molar-refractivity contribution is -0.122. The first kappa shape index (κ1) is 31.4. The van der Waals surface area contributed by atoms with Gasteiger partial charge in [0.1, 0.15) is 17.5 Å². The van der Waals surface area contributed by atoms with Crippen molar-refractivity contribution < 1.29 is 19.1 Å². The van der Waals surface area contributed by atoms with Crippen molar-refractivity contribution >= 4 is 34.7 Å². The van der Waals surface area contributed by atoms with Crippen LogP contribution in [0.5, 0.6) is 5.75 Å². The lowest BCUT2D eigenvalue weighted by Crippen LogP contribution is -2.47. The van der Waals surface area contributed by atoms with E-state index in [1.54, 1.807) is 6.07 Å². The van der Waals surface area contributed by atoms with Crippen molar-refractivity contribution in [3.8, 4) is 5.75 Å². The van der Waals surface area contributed by atoms with E-state index in [1.807, 2.05) is 60.7 Å². The van der Waals surface area contributed by atoms with Gasteiger partial charge in [0.15, 0.2) is 5.96 Å². The Bertz CT molecular complexity index is 1600. The topological polar surface area (TPSA) is 208 Å². The fourth-order valence-electron chi connectivity index (χ4n) is 4.82. The van der Waals surface area contributed by atoms with E-state index in [9.17, 15) is 14.4 Å². The van der Waals surface area contributed by atoms with E-state index in [-0.39, 0.29) is 32.0 Å². The molecule has 0 unspecified atom stereocenters. The molecule has 1 heterocycles. The largest absolute Gasteiger partial charge is 0.493 e. The van der Waals surface area contributed by atoms with Gasteiger partial charge in [-0.25, -0.2) is 4.79 Å². The number of aliphatic imine (C=N–C) groups is 1. The Hall–Kier alpha value is -5.52. The lowest BCUT2D eigenvalue weighted by Gasteiger charge is -2.29. The predicted molar refractivity (Wildman–Crippen MR) is 170 cm³/mol. The van der Waals surface area contributed by atoms with Gasteiger partial charge in [0.25, 0.3) is 5.91 Å². The van der Waals surface area contributed by atoms with Crippen LogP contribution in [0.25, 0.3) is 10.9 Å². The number of nitrogens with zero attached hydrogens (tertiary/aromatic N) is 2. The smallest absolute Gasteiger partial charge is 0.312 e. The predicted octanol–water partition coefficient (Wildman–Crippen LogP) is 2.51. The molecule has 4 rings (SSSR count). The van der Waals surface area contributed by atoms with Gasteiger partial charge in [0, 0.05) is 37.0 Å². The van der Waals surface area contributed by atoms with Gasteiger partial charge >= 0.3 is 6.03 Å². The minimum Gasteiger partial charge on any atom is -0.493 e. The fraction of sp³-hybridized carbons (Fsp3) is 0.250. The lowest BCUT2D eigenvalue weighted by atomic mass is 10.1. The second-order valence-corrected chi connectivity index (χ2v) is 10.4. The van der Waals surface area contributed by atoms with E-state index in [2.05, 4.69) is 27.4 Å². The number of hydrogen-bond donors (Lipinski definition) is 6. The molecule has 4 aromatic rings. The summed E-state index contributed by atoms with van der Waals surface area (Å²) in [6.45, 7) is 1.17. The number of primary amides is 2. The van der Waals surface area contributed by atoms with E-state index >= 15 is 0 Å². The number of hydrogen-bond acceptors (Lipinski definition) is 5. The molecule has 0 fully saturated rings. The van der Waals surface area contributed by atoms with E-state index in [0.29, 0.717) is 24.5 Å². The highest BCUT2D eigenvalue weighted by molar-refractivity contribution is 6.00. The molecular weight excluding hydrogens is 560 g/mol. The summed E-state index contributed by atoms with van der Waals surface area (Å²) in [7, 11) is 0. The highest BCUT2D eigenvalue weighted by Gasteiger charge is 2.30. The van der Waals surface area contributed by atoms with E-state index in [4.69, 9.17) is 27.7 Å². The van der Waals surface area contributed by atoms with Crippen LogP contribution in [0.15, 0.2) is 83.9 Å². The zero-order chi connectivity index (χ0) is 31.5. The van der Waals surface area contributed by atoms with Gasteiger partial charge in [0.2, 0.25) is 5.91 Å². The van der Waals surface area contributed by atoms with Crippen LogP contribution in [-0.2, 0) is 24.3 Å². The van der Waals surface area contributed by atoms with Crippen LogP contribution in [0, 0.1) is 0 Å². The van der Waals surface area contributed by atoms with Crippen LogP contribution < -0.4 is 33.0 Å². The number of nitrogens with one attached hydrogen (secondary N) is 2. The van der Waals surface area contributed by atoms with Crippen molar-refractivity contribution in [1.82, 2.24) is 15.2 Å². The number of aromatic nitrogens is 1. The minimum atomic E-state index is -0.920. The summed E-state index contributed by atoms with van der Waals surface area (Å²) in [5.74, 6) is -0.404. The summed E-state index contributed by atoms with van der Waals surface area (Å²) < 4.78 is 5.97. The quantitative estimate of drug-likeness (QED) is 0.0687. The zero-order valence-corrected chi connectivity index (χ0v) is 24.4. The van der Waals surface area contributed by atoms with Crippen LogP contribution >= 0.6 is 0 Å². The molecule has 230 valence electrons. The van der Waals surface area contributed by atoms with Crippen LogP contribution in [0.2, 0.25) is 0 Å². The van der Waals surface area contributed by atoms with E-state index in [1.165, 1.54) is 10.5 Å². The number of guanidine groups is 1. The zero-order valence-electron chi connectivity index (χ0n) is 24.4. The minimum absolute atomic E-state index is 0.0547. The number of carbonyl (C=O) groups is 3. The molecule has 0 saturated carbocycles. The van der Waals surface area contributed by atoms with Gasteiger partial charge in [-0.1, -0.05) is 54.6 Å². The number of H-pyrrole nitrogens is 1. The highest BCUT2D eigenvalue weighted by Crippen LogP contribution is 2.24. The Morgan fingerprint density at radius 3 is 2.30 bits per heavy atom. The van der Waals surface area contributed by atoms with Gasteiger partial charge in [-0.15, -0.1) is 0 Å². The van der Waals surface area contributed by atoms with Gasteiger partial charge in [-0.2, -0.15) is 0 Å². The molecule has 44 heavy (non-hydrogen) atoms. The molecule has 0 bridgehead atoms. The van der Waals surface area contributed by atoms with Crippen molar-refractivity contribution in [2.75, 3.05) is 13.2 Å². The first-order valence-corrected chi connectivity index (χ1v) is 14.3. The Kier molecular flexibility index (Phi) is 10.8. The number of amides is 4. The molecule has 0 aliphatic carbocycles. The third kappa shape index (κ3) is 8.99. The molecule has 0 saturated heterocycles. The first-order valence-electron chi connectivity index (χ1n) is 14.3. The Balaban J connectivity index is 1.54. The van der Waals surface area contributed by atoms with Crippen molar-refractivity contribution in [3.05, 3.63) is 101 Å². The number of ether oxygens (including phenoxy) is 1. The van der Waals surface area contributed by atoms with Crippen molar-refractivity contribution in [2.45, 2.75) is 38.4 Å². The molecular formula is C32H38N8O4. The molecule has 10 N–H and O–H groups in total. The third-order valence-corrected chi connectivity index (χ3v) is 7.06. The summed E-state index contributed by atoms with van der Waals surface area (Å²) in [6.07, 6.45) is 1.46. The maximum atomic E-state index is 14.0. The van der Waals surface area contributed by atoms with Crippen LogP contribution in [0.4, 0.5) is 4.79 Å². The molecule has 0 aliphatic rings. The number of benzene rings is 3. The average Bonchev–Trinajstić information content (AvgIpc) is 3.43. The number of rotatable bonds is 15. The fourth-order valence-corrected chi connectivity index (χ4v) is 4.82. The van der Waals surface area contributed by atoms with Gasteiger partial charge in [-0.05, 0) is 53.8 Å². The highest BCUT2D eigenvalue weighted by atomic mass is 16.5. The van der Waals surface area contributed by atoms with Crippen LogP contribution in [0.1, 0.15) is 40.0 Å². The molecule has 4 amide bonds. The maximum absolute atomic E-state index is 14.0. The average molecular weight is 599 g/mol. The number of fused-ring (bicyclic) bond motifs is 1. The monoisotopic (exact) mass is 598 g/mol. The van der Waals surface area contributed by atoms with Gasteiger partial charge in [-0.3, -0.25) is 14.6 Å². The summed E-state index contributed by atoms with van der Waals surface area (Å²) in [6, 6.07) is 23.1. The van der Waals surface area contributed by atoms with E-state index < -0.39 is 23.9 Å². The summed E-state index contributed by atoms with van der Waals surface area (Å²) in [4.78, 5) is 46.3. The summed E-state index contributed by atoms with van der Waals surface area (Å²) in [5, 5.41) is 3.33. The molecule has 12 nitrogen and oxygen atoms in total. The normalized spacial score (nSPS) is 11.5. The number of urea groups is 1. The molecule has 1 atom stereocenters. The summed E-state index contributed by atoms with van der Waals surface area (Å²) in [5.41, 5.74) is 25.7. The Morgan fingerprint density at radius 2 is 1.61 bits per heavy atom. The molecule has 3 aromatic carbocycles. The number of carbonyl (C=O) groups excluding carboxylic acids is 3. The van der Waals surface area contributed by atoms with Crippen molar-refractivity contribution in [1.29, 1.82) is 0 Å². The van der Waals surface area contributed by atoms with Crippen LogP contribution in [0.3, 0.4) is 0 Å². The molecule has 0 spiro atoms. The number of aromatic amines is 1. The summed E-state index contributed by atoms with van der Waals surface area (Å²) >= 11 is 0. The van der Waals surface area contributed by atoms with E-state index in [0.717, 1.165) is 28.5 Å². The third-order valence-electron chi connectivity index (χ3n) is 7.06. The van der Waals surface area contributed by atoms with Crippen molar-refractivity contribution in [3.63, 3.8) is 0 Å². The number of nitrogens with two attached hydrogens (primary N) is 4. The Labute approximate surface area is 255 Å². The SMILES string of the molecule is NC(=O)NCc1ccc(CN(C(=O)c2cc3cc(OCCc4ccccc4)ccc3[nH]2)[C@H](CCCN=C(N)N)C(N)=O)cc1. The molecule has 0 aliphatic heterocycles. The Morgan fingerprint density at radius 1 is 0.886 bits per heavy atom. The first-order chi connectivity index (χ1) is 21.2. The van der Waals surface area contributed by atoms with Crippen molar-refractivity contribution in [2.24, 2.45) is 27.9 Å². The van der Waals surface area contributed by atoms with Gasteiger partial charge in [0.05, 0.1) is 6.61 Å². The molecule has 0 radical (unpaired) electrons. The second kappa shape index (κ2) is 15.1. The standard InChI is InChI=1S/C32H38N8O4/c33-29(41)28(7-4-15-37-31(34)35)40(20-23-10-8-22(9-11-23)19-38-32(36)43)30(42)27-18-24-17-25(12-13-26(24)39-27)44-16-14-21-5-2-1-3-6-21/h1-3,5-6,8-13,17-18,28,39H,4,7,14-16,19-20H2,(H2,33,41)(H4,34,35,37)(H3,36,38,43)/t28-/m1/s1. The molecule has 12 heteroatoms. The van der Waals surface area contributed by atoms with Gasteiger partial charge < -0.3 is 42.9 Å². The maximum Gasteiger partial charge on any atom is 0.312 e. The molecule has 1 aromatic heterocycles. The van der Waals surface area contributed by atoms with Crippen LogP contribution in [-0.4, -0.2) is 52.9 Å².